The van der Waals surface area contributed by atoms with Crippen LogP contribution >= 0.6 is 0 Å². The standard InChI is InChI=1S/C16H29N3O/c1-5-6-17-10-16-9-15(14(3)20-16)12-19-8-7-18(4)11-13(19)2/h9,13,17H,5-8,10-12H2,1-4H3. The van der Waals surface area contributed by atoms with Gasteiger partial charge in [0, 0.05) is 37.8 Å². The van der Waals surface area contributed by atoms with Crippen LogP contribution in [0.5, 0.6) is 0 Å². The van der Waals surface area contributed by atoms with E-state index in [0.717, 1.165) is 57.2 Å². The van der Waals surface area contributed by atoms with Crippen molar-refractivity contribution in [2.75, 3.05) is 33.2 Å². The minimum absolute atomic E-state index is 0.615. The van der Waals surface area contributed by atoms with Crippen LogP contribution in [0.15, 0.2) is 10.5 Å². The van der Waals surface area contributed by atoms with E-state index < -0.39 is 0 Å². The van der Waals surface area contributed by atoms with Crippen molar-refractivity contribution in [1.29, 1.82) is 0 Å². The molecule has 0 spiro atoms. The third-order valence-corrected chi connectivity index (χ3v) is 4.14. The van der Waals surface area contributed by atoms with E-state index in [1.165, 1.54) is 5.56 Å². The first-order valence-corrected chi connectivity index (χ1v) is 7.81. The van der Waals surface area contributed by atoms with E-state index in [1.54, 1.807) is 0 Å². The number of nitrogens with one attached hydrogen (secondary N) is 1. The van der Waals surface area contributed by atoms with Gasteiger partial charge in [0.25, 0.3) is 0 Å². The molecule has 1 fully saturated rings. The van der Waals surface area contributed by atoms with Crippen molar-refractivity contribution in [3.05, 3.63) is 23.2 Å². The maximum absolute atomic E-state index is 5.86. The highest BCUT2D eigenvalue weighted by molar-refractivity contribution is 5.21. The Morgan fingerprint density at radius 3 is 2.90 bits per heavy atom. The number of nitrogens with zero attached hydrogens (tertiary/aromatic N) is 2. The molecule has 0 amide bonds. The van der Waals surface area contributed by atoms with Gasteiger partial charge in [0.05, 0.1) is 6.54 Å². The fourth-order valence-corrected chi connectivity index (χ4v) is 2.85. The summed E-state index contributed by atoms with van der Waals surface area (Å²) in [5.41, 5.74) is 1.34. The van der Waals surface area contributed by atoms with E-state index in [1.807, 2.05) is 0 Å². The maximum Gasteiger partial charge on any atom is 0.118 e. The van der Waals surface area contributed by atoms with Crippen LogP contribution < -0.4 is 5.32 Å². The van der Waals surface area contributed by atoms with E-state index in [-0.39, 0.29) is 0 Å². The highest BCUT2D eigenvalue weighted by atomic mass is 16.3. The maximum atomic E-state index is 5.86. The van der Waals surface area contributed by atoms with Crippen LogP contribution in [0.25, 0.3) is 0 Å². The summed E-state index contributed by atoms with van der Waals surface area (Å²) in [6.07, 6.45) is 1.16. The lowest BCUT2D eigenvalue weighted by atomic mass is 10.1. The van der Waals surface area contributed by atoms with Crippen LogP contribution in [0, 0.1) is 6.92 Å². The topological polar surface area (TPSA) is 31.6 Å². The summed E-state index contributed by atoms with van der Waals surface area (Å²) < 4.78 is 5.86. The Balaban J connectivity index is 1.92. The SMILES string of the molecule is CCCNCc1cc(CN2CCN(C)CC2C)c(C)o1. The Morgan fingerprint density at radius 2 is 2.20 bits per heavy atom. The molecule has 0 saturated carbocycles. The molecule has 1 N–H and O–H groups in total. The van der Waals surface area contributed by atoms with Gasteiger partial charge in [-0.3, -0.25) is 4.90 Å². The van der Waals surface area contributed by atoms with Crippen LogP contribution in [-0.4, -0.2) is 49.1 Å². The fourth-order valence-electron chi connectivity index (χ4n) is 2.85. The van der Waals surface area contributed by atoms with Gasteiger partial charge in [-0.2, -0.15) is 0 Å². The van der Waals surface area contributed by atoms with Crippen molar-refractivity contribution in [2.45, 2.75) is 46.3 Å². The fraction of sp³-hybridized carbons (Fsp3) is 0.750. The second-order valence-corrected chi connectivity index (χ2v) is 6.05. The molecular weight excluding hydrogens is 250 g/mol. The summed E-state index contributed by atoms with van der Waals surface area (Å²) in [5, 5.41) is 3.40. The summed E-state index contributed by atoms with van der Waals surface area (Å²) in [4.78, 5) is 4.96. The molecule has 0 radical (unpaired) electrons. The largest absolute Gasteiger partial charge is 0.465 e. The van der Waals surface area contributed by atoms with Crippen molar-refractivity contribution in [2.24, 2.45) is 0 Å². The number of hydrogen-bond donors (Lipinski definition) is 1. The van der Waals surface area contributed by atoms with Crippen molar-refractivity contribution in [3.8, 4) is 0 Å². The molecule has 1 aliphatic heterocycles. The molecule has 1 unspecified atom stereocenters. The minimum atomic E-state index is 0.615. The van der Waals surface area contributed by atoms with Gasteiger partial charge in [-0.25, -0.2) is 0 Å². The highest BCUT2D eigenvalue weighted by Gasteiger charge is 2.22. The number of piperazine rings is 1. The minimum Gasteiger partial charge on any atom is -0.465 e. The first-order valence-electron chi connectivity index (χ1n) is 7.81. The second-order valence-electron chi connectivity index (χ2n) is 6.05. The first-order chi connectivity index (χ1) is 9.60. The summed E-state index contributed by atoms with van der Waals surface area (Å²) in [7, 11) is 2.20. The van der Waals surface area contributed by atoms with E-state index in [2.05, 4.69) is 49.0 Å². The van der Waals surface area contributed by atoms with Gasteiger partial charge in [0.15, 0.2) is 0 Å². The molecule has 4 nitrogen and oxygen atoms in total. The molecule has 114 valence electrons. The number of hydrogen-bond acceptors (Lipinski definition) is 4. The molecule has 20 heavy (non-hydrogen) atoms. The molecule has 1 aromatic rings. The van der Waals surface area contributed by atoms with Gasteiger partial charge in [0.1, 0.15) is 11.5 Å². The Labute approximate surface area is 123 Å². The molecule has 4 heteroatoms. The molecule has 1 atom stereocenters. The quantitative estimate of drug-likeness (QED) is 0.809. The molecule has 2 heterocycles. The van der Waals surface area contributed by atoms with Crippen LogP contribution in [0.2, 0.25) is 0 Å². The number of likely N-dealkylation sites (N-methyl/N-ethyl adjacent to an activating group) is 1. The molecule has 2 rings (SSSR count). The number of furan rings is 1. The molecule has 0 bridgehead atoms. The lowest BCUT2D eigenvalue weighted by Crippen LogP contribution is -2.49. The average molecular weight is 279 g/mol. The third-order valence-electron chi connectivity index (χ3n) is 4.14. The summed E-state index contributed by atoms with van der Waals surface area (Å²) in [6.45, 7) is 12.9. The molecule has 1 aliphatic rings. The monoisotopic (exact) mass is 279 g/mol. The highest BCUT2D eigenvalue weighted by Crippen LogP contribution is 2.19. The van der Waals surface area contributed by atoms with Crippen LogP contribution in [-0.2, 0) is 13.1 Å². The lowest BCUT2D eigenvalue weighted by molar-refractivity contribution is 0.0934. The number of rotatable bonds is 6. The molecule has 0 aromatic carbocycles. The van der Waals surface area contributed by atoms with Gasteiger partial charge in [-0.15, -0.1) is 0 Å². The first kappa shape index (κ1) is 15.5. The van der Waals surface area contributed by atoms with E-state index in [0.29, 0.717) is 6.04 Å². The second kappa shape index (κ2) is 7.25. The lowest BCUT2D eigenvalue weighted by Gasteiger charge is -2.38. The summed E-state index contributed by atoms with van der Waals surface area (Å²) >= 11 is 0. The molecule has 1 aromatic heterocycles. The van der Waals surface area contributed by atoms with E-state index in [9.17, 15) is 0 Å². The van der Waals surface area contributed by atoms with Crippen LogP contribution in [0.1, 0.15) is 37.4 Å². The smallest absolute Gasteiger partial charge is 0.118 e. The number of aryl methyl sites for hydroxylation is 1. The zero-order valence-corrected chi connectivity index (χ0v) is 13.4. The van der Waals surface area contributed by atoms with Crippen LogP contribution in [0.4, 0.5) is 0 Å². The van der Waals surface area contributed by atoms with Crippen LogP contribution in [0.3, 0.4) is 0 Å². The van der Waals surface area contributed by atoms with Gasteiger partial charge in [0.2, 0.25) is 0 Å². The molecule has 0 aliphatic carbocycles. The average Bonchev–Trinajstić information content (AvgIpc) is 2.74. The zero-order chi connectivity index (χ0) is 14.5. The van der Waals surface area contributed by atoms with Crippen molar-refractivity contribution in [1.82, 2.24) is 15.1 Å². The molecular formula is C16H29N3O. The Bertz CT molecular complexity index is 416. The van der Waals surface area contributed by atoms with Gasteiger partial charge in [-0.1, -0.05) is 6.92 Å². The van der Waals surface area contributed by atoms with Gasteiger partial charge >= 0.3 is 0 Å². The van der Waals surface area contributed by atoms with Crippen molar-refractivity contribution in [3.63, 3.8) is 0 Å². The van der Waals surface area contributed by atoms with E-state index in [4.69, 9.17) is 4.42 Å². The zero-order valence-electron chi connectivity index (χ0n) is 13.4. The Morgan fingerprint density at radius 1 is 1.40 bits per heavy atom. The summed E-state index contributed by atoms with van der Waals surface area (Å²) in [6, 6.07) is 2.84. The van der Waals surface area contributed by atoms with E-state index >= 15 is 0 Å². The van der Waals surface area contributed by atoms with Crippen molar-refractivity contribution < 1.29 is 4.42 Å². The Hall–Kier alpha value is -0.840. The van der Waals surface area contributed by atoms with Gasteiger partial charge in [-0.05, 0) is 39.9 Å². The van der Waals surface area contributed by atoms with Crippen molar-refractivity contribution >= 4 is 0 Å². The third kappa shape index (κ3) is 4.08. The Kier molecular flexibility index (Phi) is 5.64. The van der Waals surface area contributed by atoms with Gasteiger partial charge < -0.3 is 14.6 Å². The predicted octanol–water partition coefficient (Wildman–Crippen LogP) is 2.22. The normalized spacial score (nSPS) is 21.5. The summed E-state index contributed by atoms with van der Waals surface area (Å²) in [5.74, 6) is 2.14. The predicted molar refractivity (Wildman–Crippen MR) is 82.8 cm³/mol. The molecule has 1 saturated heterocycles.